The van der Waals surface area contributed by atoms with Crippen molar-refractivity contribution < 1.29 is 14.1 Å². The molecule has 0 unspecified atom stereocenters. The third-order valence-electron chi connectivity index (χ3n) is 3.41. The molecule has 1 N–H and O–H groups in total. The van der Waals surface area contributed by atoms with Gasteiger partial charge in [-0.25, -0.2) is 5.43 Å². The van der Waals surface area contributed by atoms with Gasteiger partial charge in [-0.05, 0) is 24.3 Å². The van der Waals surface area contributed by atoms with Gasteiger partial charge in [0.25, 0.3) is 5.69 Å². The molecule has 0 fully saturated rings. The van der Waals surface area contributed by atoms with Crippen molar-refractivity contribution in [1.29, 1.82) is 0 Å². The van der Waals surface area contributed by atoms with E-state index in [0.29, 0.717) is 11.3 Å². The Morgan fingerprint density at radius 2 is 1.64 bits per heavy atom. The molecular formula is C18H13N3O4. The standard InChI is InChI=1S/C18H13N3O4/c22-18(16-7-4-12-25-16)20-19-17(13-5-2-1-3-6-13)14-8-10-15(11-9-14)21(23)24/h1-12H,(H,20,22). The van der Waals surface area contributed by atoms with Crippen molar-refractivity contribution in [3.63, 3.8) is 0 Å². The Labute approximate surface area is 142 Å². The van der Waals surface area contributed by atoms with E-state index >= 15 is 0 Å². The van der Waals surface area contributed by atoms with Gasteiger partial charge in [-0.15, -0.1) is 0 Å². The van der Waals surface area contributed by atoms with Crippen LogP contribution in [0.3, 0.4) is 0 Å². The maximum absolute atomic E-state index is 12.0. The Bertz CT molecular complexity index is 901. The molecule has 0 saturated carbocycles. The minimum Gasteiger partial charge on any atom is -0.459 e. The fourth-order valence-electron chi connectivity index (χ4n) is 2.20. The summed E-state index contributed by atoms with van der Waals surface area (Å²) >= 11 is 0. The Morgan fingerprint density at radius 1 is 0.960 bits per heavy atom. The number of hydrazone groups is 1. The van der Waals surface area contributed by atoms with Crippen molar-refractivity contribution in [1.82, 2.24) is 5.43 Å². The highest BCUT2D eigenvalue weighted by Crippen LogP contribution is 2.16. The number of carbonyl (C=O) groups is 1. The lowest BCUT2D eigenvalue weighted by Gasteiger charge is -2.07. The number of hydrogen-bond acceptors (Lipinski definition) is 5. The third kappa shape index (κ3) is 3.78. The summed E-state index contributed by atoms with van der Waals surface area (Å²) in [4.78, 5) is 22.4. The predicted molar refractivity (Wildman–Crippen MR) is 91.4 cm³/mol. The lowest BCUT2D eigenvalue weighted by Crippen LogP contribution is -2.20. The maximum Gasteiger partial charge on any atom is 0.307 e. The molecule has 25 heavy (non-hydrogen) atoms. The molecule has 3 aromatic rings. The minimum atomic E-state index is -0.486. The van der Waals surface area contributed by atoms with Crippen LogP contribution >= 0.6 is 0 Å². The summed E-state index contributed by atoms with van der Waals surface area (Å²) in [5, 5.41) is 15.0. The van der Waals surface area contributed by atoms with Gasteiger partial charge >= 0.3 is 5.91 Å². The van der Waals surface area contributed by atoms with Crippen molar-refractivity contribution in [3.8, 4) is 0 Å². The van der Waals surface area contributed by atoms with E-state index < -0.39 is 10.8 Å². The minimum absolute atomic E-state index is 0.0178. The maximum atomic E-state index is 12.0. The number of nitrogens with zero attached hydrogens (tertiary/aromatic N) is 2. The van der Waals surface area contributed by atoms with E-state index in [9.17, 15) is 14.9 Å². The summed E-state index contributed by atoms with van der Waals surface area (Å²) in [5.41, 5.74) is 4.30. The molecule has 0 aliphatic carbocycles. The molecule has 124 valence electrons. The first-order chi connectivity index (χ1) is 12.1. The zero-order valence-corrected chi connectivity index (χ0v) is 13.0. The summed E-state index contributed by atoms with van der Waals surface area (Å²) in [7, 11) is 0. The lowest BCUT2D eigenvalue weighted by molar-refractivity contribution is -0.384. The van der Waals surface area contributed by atoms with Crippen molar-refractivity contribution in [3.05, 3.63) is 100.0 Å². The number of hydrogen-bond donors (Lipinski definition) is 1. The molecule has 7 heteroatoms. The summed E-state index contributed by atoms with van der Waals surface area (Å²) in [6.45, 7) is 0. The first kappa shape index (κ1) is 16.1. The summed E-state index contributed by atoms with van der Waals surface area (Å²) in [6.07, 6.45) is 1.40. The molecule has 1 heterocycles. The SMILES string of the molecule is O=C(NN=C(c1ccccc1)c1ccc([N+](=O)[O-])cc1)c1ccco1. The van der Waals surface area contributed by atoms with Gasteiger partial charge in [0.1, 0.15) is 0 Å². The van der Waals surface area contributed by atoms with Gasteiger partial charge in [-0.2, -0.15) is 5.10 Å². The molecule has 3 rings (SSSR count). The van der Waals surface area contributed by atoms with Gasteiger partial charge in [0.2, 0.25) is 0 Å². The second-order valence-corrected chi connectivity index (χ2v) is 5.05. The zero-order chi connectivity index (χ0) is 17.6. The Kier molecular flexibility index (Phi) is 4.66. The van der Waals surface area contributed by atoms with E-state index in [1.807, 2.05) is 30.3 Å². The van der Waals surface area contributed by atoms with Gasteiger partial charge in [0, 0.05) is 23.3 Å². The van der Waals surface area contributed by atoms with E-state index in [1.165, 1.54) is 24.5 Å². The average Bonchev–Trinajstić information content (AvgIpc) is 3.18. The molecule has 2 aromatic carbocycles. The quantitative estimate of drug-likeness (QED) is 0.439. The van der Waals surface area contributed by atoms with Crippen molar-refractivity contribution >= 4 is 17.3 Å². The second-order valence-electron chi connectivity index (χ2n) is 5.05. The third-order valence-corrected chi connectivity index (χ3v) is 3.41. The van der Waals surface area contributed by atoms with Gasteiger partial charge in [-0.3, -0.25) is 14.9 Å². The van der Waals surface area contributed by atoms with E-state index in [4.69, 9.17) is 4.42 Å². The van der Waals surface area contributed by atoms with Crippen LogP contribution in [0.15, 0.2) is 82.5 Å². The van der Waals surface area contributed by atoms with E-state index in [2.05, 4.69) is 10.5 Å². The average molecular weight is 335 g/mol. The van der Waals surface area contributed by atoms with Gasteiger partial charge in [-0.1, -0.05) is 30.3 Å². The molecule has 0 spiro atoms. The van der Waals surface area contributed by atoms with Crippen LogP contribution in [-0.4, -0.2) is 16.5 Å². The first-order valence-corrected chi connectivity index (χ1v) is 7.37. The largest absolute Gasteiger partial charge is 0.459 e. The topological polar surface area (TPSA) is 97.7 Å². The first-order valence-electron chi connectivity index (χ1n) is 7.37. The fourth-order valence-corrected chi connectivity index (χ4v) is 2.20. The number of benzene rings is 2. The Balaban J connectivity index is 1.94. The summed E-state index contributed by atoms with van der Waals surface area (Å²) in [5.74, 6) is -0.347. The normalized spacial score (nSPS) is 11.1. The number of amides is 1. The molecule has 0 atom stereocenters. The molecule has 0 aliphatic heterocycles. The van der Waals surface area contributed by atoms with Crippen molar-refractivity contribution in [2.24, 2.45) is 5.10 Å². The van der Waals surface area contributed by atoms with Gasteiger partial charge in [0.15, 0.2) is 5.76 Å². The number of nitrogens with one attached hydrogen (secondary N) is 1. The highest BCUT2D eigenvalue weighted by molar-refractivity contribution is 6.13. The van der Waals surface area contributed by atoms with Crippen LogP contribution in [0.5, 0.6) is 0 Å². The predicted octanol–water partition coefficient (Wildman–Crippen LogP) is 3.37. The van der Waals surface area contributed by atoms with Crippen LogP contribution in [0.4, 0.5) is 5.69 Å². The molecule has 0 bridgehead atoms. The molecule has 0 aliphatic rings. The highest BCUT2D eigenvalue weighted by Gasteiger charge is 2.12. The van der Waals surface area contributed by atoms with Crippen molar-refractivity contribution in [2.45, 2.75) is 0 Å². The number of non-ortho nitro benzene ring substituents is 1. The molecule has 1 aromatic heterocycles. The highest BCUT2D eigenvalue weighted by atomic mass is 16.6. The number of rotatable bonds is 5. The molecule has 1 amide bonds. The summed E-state index contributed by atoms with van der Waals surface area (Å²) < 4.78 is 5.02. The van der Waals surface area contributed by atoms with Crippen LogP contribution in [0.2, 0.25) is 0 Å². The number of nitro benzene ring substituents is 1. The lowest BCUT2D eigenvalue weighted by atomic mass is 10.0. The van der Waals surface area contributed by atoms with Crippen LogP contribution < -0.4 is 5.43 Å². The van der Waals surface area contributed by atoms with E-state index in [-0.39, 0.29) is 11.4 Å². The second kappa shape index (κ2) is 7.22. The van der Waals surface area contributed by atoms with E-state index in [0.717, 1.165) is 5.56 Å². The molecular weight excluding hydrogens is 322 g/mol. The van der Waals surface area contributed by atoms with Crippen LogP contribution in [0, 0.1) is 10.1 Å². The van der Waals surface area contributed by atoms with Gasteiger partial charge < -0.3 is 4.42 Å². The zero-order valence-electron chi connectivity index (χ0n) is 13.0. The fraction of sp³-hybridized carbons (Fsp3) is 0. The smallest absolute Gasteiger partial charge is 0.307 e. The Hall–Kier alpha value is -3.74. The summed E-state index contributed by atoms with van der Waals surface area (Å²) in [6, 6.07) is 18.3. The molecule has 0 saturated heterocycles. The van der Waals surface area contributed by atoms with E-state index in [1.54, 1.807) is 18.2 Å². The van der Waals surface area contributed by atoms with Crippen LogP contribution in [0.25, 0.3) is 0 Å². The van der Waals surface area contributed by atoms with Crippen LogP contribution in [0.1, 0.15) is 21.7 Å². The monoisotopic (exact) mass is 335 g/mol. The van der Waals surface area contributed by atoms with Gasteiger partial charge in [0.05, 0.1) is 16.9 Å². The number of nitro groups is 1. The number of carbonyl (C=O) groups excluding carboxylic acids is 1. The van der Waals surface area contributed by atoms with Crippen LogP contribution in [-0.2, 0) is 0 Å². The molecule has 0 radical (unpaired) electrons. The van der Waals surface area contributed by atoms with Crippen molar-refractivity contribution in [2.75, 3.05) is 0 Å². The Morgan fingerprint density at radius 3 is 2.24 bits per heavy atom. The molecule has 7 nitrogen and oxygen atoms in total. The number of furan rings is 1.